The minimum Gasteiger partial charge on any atom is -0.497 e. The summed E-state index contributed by atoms with van der Waals surface area (Å²) >= 11 is 0. The van der Waals surface area contributed by atoms with Crippen LogP contribution in [0.2, 0.25) is 0 Å². The molecule has 92 valence electrons. The number of aliphatic carboxylic acids is 1. The van der Waals surface area contributed by atoms with Gasteiger partial charge in [-0.1, -0.05) is 0 Å². The number of rotatable bonds is 3. The summed E-state index contributed by atoms with van der Waals surface area (Å²) < 4.78 is 42.5. The van der Waals surface area contributed by atoms with Crippen LogP contribution >= 0.6 is 0 Å². The summed E-state index contributed by atoms with van der Waals surface area (Å²) in [6.45, 7) is 0. The molecule has 0 spiro atoms. The zero-order valence-corrected chi connectivity index (χ0v) is 8.78. The summed E-state index contributed by atoms with van der Waals surface area (Å²) in [4.78, 5) is 10.3. The minimum absolute atomic E-state index is 0.225. The number of carboxylic acid groups (broad SMARTS) is 1. The van der Waals surface area contributed by atoms with E-state index in [0.29, 0.717) is 6.08 Å². The fraction of sp³-hybridized carbons (Fsp3) is 0.182. The van der Waals surface area contributed by atoms with Crippen molar-refractivity contribution in [1.82, 2.24) is 0 Å². The molecule has 0 aliphatic heterocycles. The molecule has 17 heavy (non-hydrogen) atoms. The summed E-state index contributed by atoms with van der Waals surface area (Å²) in [5.41, 5.74) is -1.16. The molecule has 1 aromatic carbocycles. The lowest BCUT2D eigenvalue weighted by Gasteiger charge is -2.11. The molecule has 0 amide bonds. The van der Waals surface area contributed by atoms with Gasteiger partial charge in [-0.2, -0.15) is 13.2 Å². The Hall–Kier alpha value is -1.98. The molecule has 6 heteroatoms. The third-order valence-electron chi connectivity index (χ3n) is 1.97. The maximum Gasteiger partial charge on any atom is 0.416 e. The molecule has 0 saturated carbocycles. The molecule has 0 saturated heterocycles. The van der Waals surface area contributed by atoms with E-state index in [1.807, 2.05) is 0 Å². The van der Waals surface area contributed by atoms with Crippen molar-refractivity contribution in [1.29, 1.82) is 0 Å². The average molecular weight is 246 g/mol. The van der Waals surface area contributed by atoms with Gasteiger partial charge < -0.3 is 9.84 Å². The molecule has 0 aliphatic carbocycles. The quantitative estimate of drug-likeness (QED) is 0.834. The van der Waals surface area contributed by atoms with Crippen LogP contribution in [-0.2, 0) is 11.0 Å². The number of carbonyl (C=O) groups is 1. The van der Waals surface area contributed by atoms with Gasteiger partial charge in [0.15, 0.2) is 0 Å². The summed E-state index contributed by atoms with van der Waals surface area (Å²) in [5, 5.41) is 8.40. The van der Waals surface area contributed by atoms with E-state index in [0.717, 1.165) is 18.2 Å². The molecule has 0 atom stereocenters. The van der Waals surface area contributed by atoms with Crippen molar-refractivity contribution in [3.63, 3.8) is 0 Å². The van der Waals surface area contributed by atoms with Crippen molar-refractivity contribution < 1.29 is 27.8 Å². The molecule has 0 heterocycles. The van der Waals surface area contributed by atoms with Gasteiger partial charge in [-0.3, -0.25) is 0 Å². The van der Waals surface area contributed by atoms with Crippen molar-refractivity contribution in [3.05, 3.63) is 35.4 Å². The second-order valence-electron chi connectivity index (χ2n) is 3.12. The normalized spacial score (nSPS) is 11.8. The van der Waals surface area contributed by atoms with Crippen LogP contribution in [0.3, 0.4) is 0 Å². The number of hydrogen-bond acceptors (Lipinski definition) is 2. The van der Waals surface area contributed by atoms with E-state index in [1.165, 1.54) is 13.2 Å². The Morgan fingerprint density at radius 1 is 1.41 bits per heavy atom. The molecular weight excluding hydrogens is 237 g/mol. The van der Waals surface area contributed by atoms with Gasteiger partial charge in [-0.15, -0.1) is 0 Å². The Kier molecular flexibility index (Phi) is 3.77. The van der Waals surface area contributed by atoms with Crippen LogP contribution in [-0.4, -0.2) is 18.2 Å². The average Bonchev–Trinajstić information content (AvgIpc) is 2.24. The maximum absolute atomic E-state index is 12.6. The first-order chi connectivity index (χ1) is 7.84. The number of carboxylic acids is 1. The largest absolute Gasteiger partial charge is 0.497 e. The van der Waals surface area contributed by atoms with Crippen molar-refractivity contribution in [3.8, 4) is 5.75 Å². The molecule has 0 fully saturated rings. The van der Waals surface area contributed by atoms with Crippen LogP contribution in [0, 0.1) is 0 Å². The Bertz CT molecular complexity index is 450. The number of halogens is 3. The SMILES string of the molecule is COc1ccc(C(F)(F)F)c(/C=C/C(=O)O)c1. The number of hydrogen-bond donors (Lipinski definition) is 1. The first-order valence-electron chi connectivity index (χ1n) is 4.51. The van der Waals surface area contributed by atoms with E-state index >= 15 is 0 Å². The molecular formula is C11H9F3O3. The van der Waals surface area contributed by atoms with E-state index in [4.69, 9.17) is 9.84 Å². The molecule has 0 radical (unpaired) electrons. The van der Waals surface area contributed by atoms with Gasteiger partial charge in [0, 0.05) is 6.08 Å². The van der Waals surface area contributed by atoms with E-state index in [2.05, 4.69) is 0 Å². The van der Waals surface area contributed by atoms with Crippen molar-refractivity contribution in [2.45, 2.75) is 6.18 Å². The minimum atomic E-state index is -4.54. The first kappa shape index (κ1) is 13.1. The Balaban J connectivity index is 3.26. The maximum atomic E-state index is 12.6. The highest BCUT2D eigenvalue weighted by Crippen LogP contribution is 2.34. The lowest BCUT2D eigenvalue weighted by atomic mass is 10.1. The Morgan fingerprint density at radius 2 is 2.06 bits per heavy atom. The molecule has 0 unspecified atom stereocenters. The zero-order valence-electron chi connectivity index (χ0n) is 8.78. The van der Waals surface area contributed by atoms with Crippen LogP contribution < -0.4 is 4.74 Å². The van der Waals surface area contributed by atoms with Gasteiger partial charge in [-0.25, -0.2) is 4.79 Å². The monoisotopic (exact) mass is 246 g/mol. The van der Waals surface area contributed by atoms with Gasteiger partial charge in [0.2, 0.25) is 0 Å². The van der Waals surface area contributed by atoms with Gasteiger partial charge >= 0.3 is 12.1 Å². The van der Waals surface area contributed by atoms with Crippen LogP contribution in [0.5, 0.6) is 5.75 Å². The highest BCUT2D eigenvalue weighted by molar-refractivity contribution is 5.85. The van der Waals surface area contributed by atoms with Gasteiger partial charge in [0.25, 0.3) is 0 Å². The first-order valence-corrected chi connectivity index (χ1v) is 4.51. The van der Waals surface area contributed by atoms with Gasteiger partial charge in [-0.05, 0) is 29.8 Å². The Labute approximate surface area is 95.1 Å². The van der Waals surface area contributed by atoms with E-state index < -0.39 is 17.7 Å². The molecule has 1 N–H and O–H groups in total. The zero-order chi connectivity index (χ0) is 13.1. The van der Waals surface area contributed by atoms with Crippen LogP contribution in [0.25, 0.3) is 6.08 Å². The summed E-state index contributed by atoms with van der Waals surface area (Å²) in [6.07, 6.45) is -3.01. The number of ether oxygens (including phenoxy) is 1. The highest BCUT2D eigenvalue weighted by atomic mass is 19.4. The lowest BCUT2D eigenvalue weighted by molar-refractivity contribution is -0.138. The number of alkyl halides is 3. The summed E-state index contributed by atoms with van der Waals surface area (Å²) in [7, 11) is 1.31. The fourth-order valence-corrected chi connectivity index (χ4v) is 1.22. The smallest absolute Gasteiger partial charge is 0.416 e. The van der Waals surface area contributed by atoms with Crippen molar-refractivity contribution in [2.24, 2.45) is 0 Å². The second-order valence-corrected chi connectivity index (χ2v) is 3.12. The highest BCUT2D eigenvalue weighted by Gasteiger charge is 2.32. The predicted octanol–water partition coefficient (Wildman–Crippen LogP) is 2.81. The topological polar surface area (TPSA) is 46.5 Å². The van der Waals surface area contributed by atoms with E-state index in [9.17, 15) is 18.0 Å². The van der Waals surface area contributed by atoms with E-state index in [-0.39, 0.29) is 11.3 Å². The van der Waals surface area contributed by atoms with Crippen molar-refractivity contribution >= 4 is 12.0 Å². The summed E-state index contributed by atoms with van der Waals surface area (Å²) in [5.74, 6) is -1.09. The van der Waals surface area contributed by atoms with Crippen LogP contribution in [0.4, 0.5) is 13.2 Å². The van der Waals surface area contributed by atoms with Gasteiger partial charge in [0.1, 0.15) is 5.75 Å². The molecule has 0 bridgehead atoms. The number of methoxy groups -OCH3 is 1. The van der Waals surface area contributed by atoms with Crippen LogP contribution in [0.1, 0.15) is 11.1 Å². The van der Waals surface area contributed by atoms with Crippen LogP contribution in [0.15, 0.2) is 24.3 Å². The van der Waals surface area contributed by atoms with Gasteiger partial charge in [0.05, 0.1) is 12.7 Å². The number of benzene rings is 1. The predicted molar refractivity (Wildman–Crippen MR) is 54.7 cm³/mol. The molecule has 0 aliphatic rings. The summed E-state index contributed by atoms with van der Waals surface area (Å²) in [6, 6.07) is 3.14. The van der Waals surface area contributed by atoms with E-state index in [1.54, 1.807) is 0 Å². The molecule has 1 aromatic rings. The third kappa shape index (κ3) is 3.51. The Morgan fingerprint density at radius 3 is 2.53 bits per heavy atom. The van der Waals surface area contributed by atoms with Crippen molar-refractivity contribution in [2.75, 3.05) is 7.11 Å². The molecule has 1 rings (SSSR count). The second kappa shape index (κ2) is 4.90. The lowest BCUT2D eigenvalue weighted by Crippen LogP contribution is -2.07. The fourth-order valence-electron chi connectivity index (χ4n) is 1.22. The standard InChI is InChI=1S/C11H9F3O3/c1-17-8-3-4-9(11(12,13)14)7(6-8)2-5-10(15)16/h2-6H,1H3,(H,15,16)/b5-2+. The molecule has 0 aromatic heterocycles. The molecule has 3 nitrogen and oxygen atoms in total. The third-order valence-corrected chi connectivity index (χ3v) is 1.97.